The highest BCUT2D eigenvalue weighted by Gasteiger charge is 2.31. The van der Waals surface area contributed by atoms with Crippen LogP contribution in [0.3, 0.4) is 0 Å². The normalized spacial score (nSPS) is 14.7. The van der Waals surface area contributed by atoms with Crippen molar-refractivity contribution in [3.8, 4) is 10.6 Å². The number of nitrogens with one attached hydrogen (secondary N) is 1. The molecule has 194 valence electrons. The molecule has 0 bridgehead atoms. The molecule has 7 nitrogen and oxygen atoms in total. The van der Waals surface area contributed by atoms with Gasteiger partial charge in [0.05, 0.1) is 16.8 Å². The fraction of sp³-hybridized carbons (Fsp3) is 0.519. The zero-order chi connectivity index (χ0) is 26.0. The first kappa shape index (κ1) is 26.6. The lowest BCUT2D eigenvalue weighted by Crippen LogP contribution is -2.39. The highest BCUT2D eigenvalue weighted by molar-refractivity contribution is 7.22. The maximum Gasteiger partial charge on any atom is 0.410 e. The van der Waals surface area contributed by atoms with Gasteiger partial charge in [0, 0.05) is 36.0 Å². The maximum atomic E-state index is 13.0. The van der Waals surface area contributed by atoms with Crippen LogP contribution in [-0.4, -0.2) is 58.6 Å². The fourth-order valence-corrected chi connectivity index (χ4v) is 6.57. The van der Waals surface area contributed by atoms with Crippen LogP contribution in [0.25, 0.3) is 20.8 Å². The fourth-order valence-electron chi connectivity index (χ4n) is 4.18. The van der Waals surface area contributed by atoms with Crippen LogP contribution in [0.5, 0.6) is 0 Å². The van der Waals surface area contributed by atoms with E-state index in [2.05, 4.69) is 37.2 Å². The van der Waals surface area contributed by atoms with Crippen molar-refractivity contribution in [1.82, 2.24) is 14.8 Å². The average molecular weight is 529 g/mol. The summed E-state index contributed by atoms with van der Waals surface area (Å²) in [5, 5.41) is 4.92. The number of ether oxygens (including phenoxy) is 1. The molecule has 0 saturated carbocycles. The molecule has 4 rings (SSSR count). The number of hydrogen-bond donors (Lipinski definition) is 1. The molecule has 0 aliphatic carbocycles. The van der Waals surface area contributed by atoms with Crippen LogP contribution in [0.15, 0.2) is 24.3 Å². The molecule has 0 fully saturated rings. The van der Waals surface area contributed by atoms with Gasteiger partial charge in [0.15, 0.2) is 0 Å². The molecule has 36 heavy (non-hydrogen) atoms. The molecule has 1 atom stereocenters. The molecule has 2 amide bonds. The Kier molecular flexibility index (Phi) is 8.02. The summed E-state index contributed by atoms with van der Waals surface area (Å²) < 4.78 is 6.72. The summed E-state index contributed by atoms with van der Waals surface area (Å²) in [6.07, 6.45) is 1.86. The molecule has 0 spiro atoms. The molecule has 3 aromatic rings. The van der Waals surface area contributed by atoms with Gasteiger partial charge >= 0.3 is 6.09 Å². The molecule has 2 aromatic heterocycles. The van der Waals surface area contributed by atoms with Gasteiger partial charge in [-0.2, -0.15) is 0 Å². The Morgan fingerprint density at radius 3 is 2.69 bits per heavy atom. The lowest BCUT2D eigenvalue weighted by Gasteiger charge is -2.30. The molecule has 1 unspecified atom stereocenters. The average Bonchev–Trinajstić information content (AvgIpc) is 3.40. The van der Waals surface area contributed by atoms with Crippen molar-refractivity contribution >= 4 is 49.9 Å². The van der Waals surface area contributed by atoms with Gasteiger partial charge < -0.3 is 19.9 Å². The van der Waals surface area contributed by atoms with Gasteiger partial charge in [-0.3, -0.25) is 4.79 Å². The molecular formula is C27H36N4O3S2. The minimum absolute atomic E-state index is 0.00453. The van der Waals surface area contributed by atoms with Crippen LogP contribution in [0, 0.1) is 0 Å². The van der Waals surface area contributed by atoms with Crippen LogP contribution >= 0.6 is 22.7 Å². The zero-order valence-corrected chi connectivity index (χ0v) is 23.6. The number of amides is 2. The third kappa shape index (κ3) is 6.07. The van der Waals surface area contributed by atoms with Gasteiger partial charge in [0.1, 0.15) is 15.6 Å². The minimum atomic E-state index is -0.541. The number of carbonyl (C=O) groups is 2. The molecule has 1 aliphatic heterocycles. The lowest BCUT2D eigenvalue weighted by molar-refractivity contribution is -0.116. The second-order valence-electron chi connectivity index (χ2n) is 10.4. The maximum absolute atomic E-state index is 13.0. The van der Waals surface area contributed by atoms with Crippen LogP contribution in [-0.2, 0) is 22.5 Å². The standard InChI is InChI=1S/C27H36N4O3S2/c1-7-17(2)30(6)14-13-22(32)29-25-23(24-28-19-10-8-9-11-20(19)35-24)18-12-15-31(16-21(18)36-25)26(33)34-27(3,4)5/h8-11,17H,7,12-16H2,1-6H3,(H,29,32). The van der Waals surface area contributed by atoms with Crippen molar-refractivity contribution in [3.63, 3.8) is 0 Å². The monoisotopic (exact) mass is 528 g/mol. The first-order chi connectivity index (χ1) is 17.1. The Balaban J connectivity index is 1.62. The number of carbonyl (C=O) groups excluding carboxylic acids is 2. The second-order valence-corrected chi connectivity index (χ2v) is 12.5. The first-order valence-electron chi connectivity index (χ1n) is 12.5. The van der Waals surface area contributed by atoms with E-state index < -0.39 is 5.60 Å². The minimum Gasteiger partial charge on any atom is -0.444 e. The number of aromatic nitrogens is 1. The van der Waals surface area contributed by atoms with E-state index in [1.165, 1.54) is 5.56 Å². The number of nitrogens with zero attached hydrogens (tertiary/aromatic N) is 3. The summed E-state index contributed by atoms with van der Waals surface area (Å²) in [7, 11) is 2.06. The Labute approximate surface area is 221 Å². The predicted molar refractivity (Wildman–Crippen MR) is 149 cm³/mol. The number of rotatable bonds is 7. The molecule has 0 saturated heterocycles. The number of para-hydroxylation sites is 1. The molecule has 1 aliphatic rings. The van der Waals surface area contributed by atoms with Crippen molar-refractivity contribution < 1.29 is 14.3 Å². The molecule has 9 heteroatoms. The van der Waals surface area contributed by atoms with E-state index in [-0.39, 0.29) is 12.0 Å². The highest BCUT2D eigenvalue weighted by atomic mass is 32.1. The molecular weight excluding hydrogens is 492 g/mol. The van der Waals surface area contributed by atoms with Crippen LogP contribution < -0.4 is 5.32 Å². The number of anilines is 1. The van der Waals surface area contributed by atoms with Crippen molar-refractivity contribution in [3.05, 3.63) is 34.7 Å². The van der Waals surface area contributed by atoms with Gasteiger partial charge in [-0.1, -0.05) is 19.1 Å². The summed E-state index contributed by atoms with van der Waals surface area (Å²) in [5.41, 5.74) is 2.59. The molecule has 1 N–H and O–H groups in total. The molecule has 1 aromatic carbocycles. The van der Waals surface area contributed by atoms with E-state index in [1.54, 1.807) is 27.6 Å². The highest BCUT2D eigenvalue weighted by Crippen LogP contribution is 2.45. The van der Waals surface area contributed by atoms with Crippen molar-refractivity contribution in [2.24, 2.45) is 0 Å². The smallest absolute Gasteiger partial charge is 0.410 e. The number of hydrogen-bond acceptors (Lipinski definition) is 7. The van der Waals surface area contributed by atoms with Gasteiger partial charge in [0.2, 0.25) is 5.91 Å². The van der Waals surface area contributed by atoms with Gasteiger partial charge in [-0.25, -0.2) is 9.78 Å². The van der Waals surface area contributed by atoms with E-state index in [4.69, 9.17) is 9.72 Å². The number of fused-ring (bicyclic) bond motifs is 2. The second kappa shape index (κ2) is 10.9. The Morgan fingerprint density at radius 1 is 1.25 bits per heavy atom. The summed E-state index contributed by atoms with van der Waals surface area (Å²) in [5.74, 6) is -0.00453. The van der Waals surface area contributed by atoms with E-state index in [9.17, 15) is 9.59 Å². The topological polar surface area (TPSA) is 74.8 Å². The lowest BCUT2D eigenvalue weighted by atomic mass is 10.0. The van der Waals surface area contributed by atoms with E-state index in [1.807, 2.05) is 39.0 Å². The van der Waals surface area contributed by atoms with Gasteiger partial charge in [0.25, 0.3) is 0 Å². The Morgan fingerprint density at radius 2 is 2.00 bits per heavy atom. The van der Waals surface area contributed by atoms with E-state index in [0.717, 1.165) is 37.1 Å². The Hall–Kier alpha value is -2.49. The number of thiazole rings is 1. The van der Waals surface area contributed by atoms with E-state index >= 15 is 0 Å². The predicted octanol–water partition coefficient (Wildman–Crippen LogP) is 6.38. The van der Waals surface area contributed by atoms with Crippen molar-refractivity contribution in [1.29, 1.82) is 0 Å². The zero-order valence-electron chi connectivity index (χ0n) is 22.0. The van der Waals surface area contributed by atoms with Gasteiger partial charge in [-0.15, -0.1) is 22.7 Å². The summed E-state index contributed by atoms with van der Waals surface area (Å²) >= 11 is 3.19. The van der Waals surface area contributed by atoms with Crippen molar-refractivity contribution in [2.75, 3.05) is 25.5 Å². The van der Waals surface area contributed by atoms with Crippen LogP contribution in [0.2, 0.25) is 0 Å². The molecule has 0 radical (unpaired) electrons. The number of benzene rings is 1. The van der Waals surface area contributed by atoms with Crippen LogP contribution in [0.4, 0.5) is 9.80 Å². The SMILES string of the molecule is CCC(C)N(C)CCC(=O)Nc1sc2c(c1-c1nc3ccccc3s1)CCN(C(=O)OC(C)(C)C)C2. The largest absolute Gasteiger partial charge is 0.444 e. The number of thiophene rings is 1. The summed E-state index contributed by atoms with van der Waals surface area (Å²) in [6.45, 7) is 11.7. The quantitative estimate of drug-likeness (QED) is 0.385. The summed E-state index contributed by atoms with van der Waals surface area (Å²) in [4.78, 5) is 35.7. The first-order valence-corrected chi connectivity index (χ1v) is 14.2. The van der Waals surface area contributed by atoms with Gasteiger partial charge in [-0.05, 0) is 65.3 Å². The third-order valence-electron chi connectivity index (χ3n) is 6.50. The molecule has 3 heterocycles. The van der Waals surface area contributed by atoms with Crippen molar-refractivity contribution in [2.45, 2.75) is 72.1 Å². The Bertz CT molecular complexity index is 1210. The third-order valence-corrected chi connectivity index (χ3v) is 8.69. The van der Waals surface area contributed by atoms with E-state index in [0.29, 0.717) is 38.5 Å². The van der Waals surface area contributed by atoms with Crippen LogP contribution in [0.1, 0.15) is 57.9 Å². The summed E-state index contributed by atoms with van der Waals surface area (Å²) in [6, 6.07) is 8.53.